The van der Waals surface area contributed by atoms with Crippen molar-refractivity contribution in [1.29, 1.82) is 0 Å². The summed E-state index contributed by atoms with van der Waals surface area (Å²) in [4.78, 5) is 29.5. The lowest BCUT2D eigenvalue weighted by Crippen LogP contribution is -2.15. The van der Waals surface area contributed by atoms with Crippen LogP contribution >= 0.6 is 27.3 Å². The third kappa shape index (κ3) is 3.54. The fourth-order valence-electron chi connectivity index (χ4n) is 3.33. The molecule has 0 unspecified atom stereocenters. The highest BCUT2D eigenvalue weighted by atomic mass is 79.9. The van der Waals surface area contributed by atoms with E-state index in [1.807, 2.05) is 35.9 Å². The number of fused-ring (bicyclic) bond motifs is 1. The second kappa shape index (κ2) is 7.61. The number of thiazole rings is 1. The first-order valence-corrected chi connectivity index (χ1v) is 10.5. The van der Waals surface area contributed by atoms with Crippen LogP contribution < -0.4 is 0 Å². The number of carbonyl (C=O) groups excluding carboxylic acids is 2. The zero-order chi connectivity index (χ0) is 20.7. The summed E-state index contributed by atoms with van der Waals surface area (Å²) in [6.45, 7) is 5.19. The van der Waals surface area contributed by atoms with Crippen LogP contribution in [-0.4, -0.2) is 27.9 Å². The van der Waals surface area contributed by atoms with E-state index in [4.69, 9.17) is 9.15 Å². The summed E-state index contributed by atoms with van der Waals surface area (Å²) < 4.78 is 13.7. The molecule has 29 heavy (non-hydrogen) atoms. The van der Waals surface area contributed by atoms with Crippen molar-refractivity contribution in [2.75, 3.05) is 6.61 Å². The van der Waals surface area contributed by atoms with Crippen LogP contribution in [0, 0.1) is 20.8 Å². The highest BCUT2D eigenvalue weighted by Crippen LogP contribution is 2.28. The highest BCUT2D eigenvalue weighted by Gasteiger charge is 2.22. The molecule has 0 spiro atoms. The number of hydrogen-bond acceptors (Lipinski definition) is 6. The average Bonchev–Trinajstić information content (AvgIpc) is 3.39. The van der Waals surface area contributed by atoms with Crippen LogP contribution in [0.25, 0.3) is 16.1 Å². The lowest BCUT2D eigenvalue weighted by molar-refractivity contribution is 0.0445. The molecule has 0 N–H and O–H groups in total. The van der Waals surface area contributed by atoms with Gasteiger partial charge in [0.25, 0.3) is 0 Å². The number of hydrogen-bond donors (Lipinski definition) is 0. The minimum Gasteiger partial charge on any atom is -0.451 e. The molecule has 8 heteroatoms. The molecule has 0 saturated heterocycles. The maximum Gasteiger partial charge on any atom is 0.375 e. The minimum atomic E-state index is -0.656. The standard InChI is InChI=1S/C21H17BrN2O4S/c1-11-8-16(13(3)24(11)21-23-6-7-29-21)17(25)10-27-20(26)19-12(2)15-9-14(22)4-5-18(15)28-19/h4-9H,10H2,1-3H3. The molecular weight excluding hydrogens is 456 g/mol. The SMILES string of the molecule is Cc1c(C(=O)OCC(=O)c2cc(C)n(-c3nccs3)c2C)oc2ccc(Br)cc12. The van der Waals surface area contributed by atoms with Crippen LogP contribution in [0.2, 0.25) is 0 Å². The van der Waals surface area contributed by atoms with Crippen molar-refractivity contribution < 1.29 is 18.7 Å². The molecule has 3 aromatic heterocycles. The van der Waals surface area contributed by atoms with Crippen molar-refractivity contribution >= 4 is 50.0 Å². The Kier molecular flexibility index (Phi) is 5.14. The molecule has 0 bridgehead atoms. The zero-order valence-corrected chi connectivity index (χ0v) is 18.4. The van der Waals surface area contributed by atoms with Gasteiger partial charge in [0.15, 0.2) is 11.7 Å². The van der Waals surface area contributed by atoms with Crippen LogP contribution in [0.15, 0.2) is 44.7 Å². The van der Waals surface area contributed by atoms with E-state index in [1.54, 1.807) is 25.3 Å². The molecular formula is C21H17BrN2O4S. The first kappa shape index (κ1) is 19.6. The summed E-state index contributed by atoms with van der Waals surface area (Å²) in [5, 5.41) is 3.50. The van der Waals surface area contributed by atoms with Gasteiger partial charge < -0.3 is 9.15 Å². The Morgan fingerprint density at radius 2 is 2.03 bits per heavy atom. The van der Waals surface area contributed by atoms with Crippen LogP contribution in [0.4, 0.5) is 0 Å². The van der Waals surface area contributed by atoms with Crippen molar-refractivity contribution in [3.05, 3.63) is 68.6 Å². The van der Waals surface area contributed by atoms with E-state index in [9.17, 15) is 9.59 Å². The number of aryl methyl sites for hydroxylation is 2. The molecule has 0 aliphatic rings. The number of esters is 1. The third-order valence-electron chi connectivity index (χ3n) is 4.76. The topological polar surface area (TPSA) is 74.3 Å². The van der Waals surface area contributed by atoms with Gasteiger partial charge >= 0.3 is 5.97 Å². The summed E-state index contributed by atoms with van der Waals surface area (Å²) >= 11 is 4.90. The van der Waals surface area contributed by atoms with Crippen molar-refractivity contribution in [3.63, 3.8) is 0 Å². The zero-order valence-electron chi connectivity index (χ0n) is 16.0. The Hall–Kier alpha value is -2.71. The molecule has 0 fully saturated rings. The molecule has 1 aromatic carbocycles. The van der Waals surface area contributed by atoms with E-state index in [0.717, 1.165) is 26.4 Å². The predicted molar refractivity (Wildman–Crippen MR) is 114 cm³/mol. The van der Waals surface area contributed by atoms with Crippen LogP contribution in [0.3, 0.4) is 0 Å². The van der Waals surface area contributed by atoms with Crippen LogP contribution in [-0.2, 0) is 4.74 Å². The van der Waals surface area contributed by atoms with Gasteiger partial charge in [0, 0.05) is 44.0 Å². The van der Waals surface area contributed by atoms with E-state index in [1.165, 1.54) is 11.3 Å². The number of ketones is 1. The summed E-state index contributed by atoms with van der Waals surface area (Å²) in [6, 6.07) is 7.28. The fraction of sp³-hybridized carbons (Fsp3) is 0.190. The normalized spacial score (nSPS) is 11.2. The lowest BCUT2D eigenvalue weighted by Gasteiger charge is -2.06. The first-order chi connectivity index (χ1) is 13.9. The van der Waals surface area contributed by atoms with E-state index in [2.05, 4.69) is 20.9 Å². The van der Waals surface area contributed by atoms with Crippen molar-refractivity contribution in [2.45, 2.75) is 20.8 Å². The second-order valence-electron chi connectivity index (χ2n) is 6.63. The van der Waals surface area contributed by atoms with Gasteiger partial charge in [-0.3, -0.25) is 9.36 Å². The lowest BCUT2D eigenvalue weighted by atomic mass is 10.1. The maximum absolute atomic E-state index is 12.7. The molecule has 0 radical (unpaired) electrons. The molecule has 0 amide bonds. The van der Waals surface area contributed by atoms with E-state index < -0.39 is 5.97 Å². The Morgan fingerprint density at radius 1 is 1.24 bits per heavy atom. The number of benzene rings is 1. The van der Waals surface area contributed by atoms with Gasteiger partial charge in [0.1, 0.15) is 5.58 Å². The average molecular weight is 473 g/mol. The number of carbonyl (C=O) groups is 2. The quantitative estimate of drug-likeness (QED) is 0.286. The number of furan rings is 1. The van der Waals surface area contributed by atoms with Crippen LogP contribution in [0.5, 0.6) is 0 Å². The molecule has 4 aromatic rings. The van der Waals surface area contributed by atoms with Gasteiger partial charge in [-0.15, -0.1) is 11.3 Å². The molecule has 0 aliphatic carbocycles. The summed E-state index contributed by atoms with van der Waals surface area (Å²) in [7, 11) is 0. The van der Waals surface area contributed by atoms with E-state index in [-0.39, 0.29) is 18.2 Å². The predicted octanol–water partition coefficient (Wildman–Crippen LogP) is 5.41. The largest absolute Gasteiger partial charge is 0.451 e. The molecule has 6 nitrogen and oxygen atoms in total. The Labute approximate surface area is 179 Å². The van der Waals surface area contributed by atoms with Gasteiger partial charge in [-0.25, -0.2) is 9.78 Å². The number of ether oxygens (including phenoxy) is 1. The van der Waals surface area contributed by atoms with Crippen LogP contribution in [0.1, 0.15) is 37.9 Å². The van der Waals surface area contributed by atoms with Gasteiger partial charge in [-0.2, -0.15) is 0 Å². The first-order valence-electron chi connectivity index (χ1n) is 8.84. The fourth-order valence-corrected chi connectivity index (χ4v) is 4.44. The van der Waals surface area contributed by atoms with E-state index in [0.29, 0.717) is 16.7 Å². The Bertz CT molecular complexity index is 1240. The molecule has 0 atom stereocenters. The Morgan fingerprint density at radius 3 is 2.76 bits per heavy atom. The van der Waals surface area contributed by atoms with E-state index >= 15 is 0 Å². The van der Waals surface area contributed by atoms with Crippen molar-refractivity contribution in [3.8, 4) is 5.13 Å². The third-order valence-corrected chi connectivity index (χ3v) is 6.01. The smallest absolute Gasteiger partial charge is 0.375 e. The number of rotatable bonds is 5. The minimum absolute atomic E-state index is 0.110. The van der Waals surface area contributed by atoms with Crippen molar-refractivity contribution in [1.82, 2.24) is 9.55 Å². The monoisotopic (exact) mass is 472 g/mol. The summed E-state index contributed by atoms with van der Waals surface area (Å²) in [5.74, 6) is -0.818. The second-order valence-corrected chi connectivity index (χ2v) is 8.42. The highest BCUT2D eigenvalue weighted by molar-refractivity contribution is 9.10. The summed E-state index contributed by atoms with van der Waals surface area (Å²) in [5.41, 5.74) is 3.45. The van der Waals surface area contributed by atoms with Gasteiger partial charge in [-0.05, 0) is 45.0 Å². The molecule has 4 rings (SSSR count). The van der Waals surface area contributed by atoms with Gasteiger partial charge in [0.05, 0.1) is 0 Å². The maximum atomic E-state index is 12.7. The number of nitrogens with zero attached hydrogens (tertiary/aromatic N) is 2. The molecule has 3 heterocycles. The molecule has 0 aliphatic heterocycles. The summed E-state index contributed by atoms with van der Waals surface area (Å²) in [6.07, 6.45) is 1.72. The Balaban J connectivity index is 1.53. The number of aromatic nitrogens is 2. The van der Waals surface area contributed by atoms with Crippen molar-refractivity contribution in [2.24, 2.45) is 0 Å². The van der Waals surface area contributed by atoms with Gasteiger partial charge in [0.2, 0.25) is 11.5 Å². The number of halogens is 1. The molecule has 148 valence electrons. The molecule has 0 saturated carbocycles. The van der Waals surface area contributed by atoms with Gasteiger partial charge in [-0.1, -0.05) is 15.9 Å². The number of Topliss-reactive ketones (excluding diaryl/α,β-unsaturated/α-hetero) is 1.